The van der Waals surface area contributed by atoms with Crippen molar-refractivity contribution < 1.29 is 19.4 Å². The van der Waals surface area contributed by atoms with E-state index in [4.69, 9.17) is 10.8 Å². The van der Waals surface area contributed by atoms with Crippen molar-refractivity contribution >= 4 is 21.7 Å². The van der Waals surface area contributed by atoms with Crippen LogP contribution in [0.4, 0.5) is 4.39 Å². The first-order valence-corrected chi connectivity index (χ1v) is 4.85. The first-order chi connectivity index (χ1) is 6.86. The van der Waals surface area contributed by atoms with Gasteiger partial charge in [0.25, 0.3) is 0 Å². The van der Waals surface area contributed by atoms with E-state index in [1.807, 2.05) is 0 Å². The summed E-state index contributed by atoms with van der Waals surface area (Å²) >= 11 is 2.77. The predicted molar refractivity (Wildman–Crippen MR) is 55.4 cm³/mol. The van der Waals surface area contributed by atoms with Crippen molar-refractivity contribution in [3.8, 4) is 11.5 Å². The van der Waals surface area contributed by atoms with Gasteiger partial charge in [-0.15, -0.1) is 0 Å². The Kier molecular flexibility index (Phi) is 3.31. The maximum Gasteiger partial charge on any atom is 0.183 e. The van der Waals surface area contributed by atoms with E-state index < -0.39 is 29.1 Å². The SMILES string of the molecule is CC(N)C(=O)c1cc(F)c(O)c(Br)c1O. The molecule has 6 heteroatoms. The van der Waals surface area contributed by atoms with Gasteiger partial charge in [-0.2, -0.15) is 0 Å². The third-order valence-corrected chi connectivity index (χ3v) is 2.60. The van der Waals surface area contributed by atoms with E-state index in [0.717, 1.165) is 6.07 Å². The number of hydrogen-bond acceptors (Lipinski definition) is 4. The van der Waals surface area contributed by atoms with Crippen LogP contribution in [0.25, 0.3) is 0 Å². The molecule has 0 fully saturated rings. The number of ketones is 1. The van der Waals surface area contributed by atoms with Crippen LogP contribution in [0.3, 0.4) is 0 Å². The summed E-state index contributed by atoms with van der Waals surface area (Å²) in [5.41, 5.74) is 5.06. The van der Waals surface area contributed by atoms with Gasteiger partial charge in [-0.25, -0.2) is 4.39 Å². The fourth-order valence-corrected chi connectivity index (χ4v) is 1.43. The van der Waals surface area contributed by atoms with E-state index >= 15 is 0 Å². The number of rotatable bonds is 2. The molecule has 1 aromatic rings. The van der Waals surface area contributed by atoms with Gasteiger partial charge in [0.1, 0.15) is 10.2 Å². The van der Waals surface area contributed by atoms with Gasteiger partial charge in [-0.1, -0.05) is 0 Å². The molecule has 0 saturated heterocycles. The Bertz CT molecular complexity index is 420. The summed E-state index contributed by atoms with van der Waals surface area (Å²) < 4.78 is 12.8. The molecule has 0 bridgehead atoms. The van der Waals surface area contributed by atoms with Crippen LogP contribution in [-0.2, 0) is 0 Å². The van der Waals surface area contributed by atoms with Crippen LogP contribution in [0.1, 0.15) is 17.3 Å². The van der Waals surface area contributed by atoms with Crippen LogP contribution in [0.15, 0.2) is 10.5 Å². The summed E-state index contributed by atoms with van der Waals surface area (Å²) in [6.45, 7) is 1.42. The van der Waals surface area contributed by atoms with E-state index in [-0.39, 0.29) is 10.0 Å². The minimum absolute atomic E-state index is 0.257. The van der Waals surface area contributed by atoms with Crippen LogP contribution in [0.5, 0.6) is 11.5 Å². The molecule has 15 heavy (non-hydrogen) atoms. The predicted octanol–water partition coefficient (Wildman–Crippen LogP) is 1.53. The number of halogens is 2. The molecule has 4 nitrogen and oxygen atoms in total. The summed E-state index contributed by atoms with van der Waals surface area (Å²) in [6, 6.07) is -0.104. The van der Waals surface area contributed by atoms with Crippen molar-refractivity contribution in [1.82, 2.24) is 0 Å². The Morgan fingerprint density at radius 3 is 2.53 bits per heavy atom. The average Bonchev–Trinajstić information content (AvgIpc) is 2.19. The standard InChI is InChI=1S/C9H9BrFNO3/c1-3(12)7(13)4-2-5(11)9(15)6(10)8(4)14/h2-3,14-15H,12H2,1H3. The fourth-order valence-electron chi connectivity index (χ4n) is 1.03. The molecule has 82 valence electrons. The molecular formula is C9H9BrFNO3. The van der Waals surface area contributed by atoms with Crippen LogP contribution < -0.4 is 5.73 Å². The molecule has 0 aromatic heterocycles. The van der Waals surface area contributed by atoms with Crippen LogP contribution >= 0.6 is 15.9 Å². The van der Waals surface area contributed by atoms with Crippen molar-refractivity contribution in [2.75, 3.05) is 0 Å². The average molecular weight is 278 g/mol. The summed E-state index contributed by atoms with van der Waals surface area (Å²) in [5, 5.41) is 18.6. The highest BCUT2D eigenvalue weighted by Crippen LogP contribution is 2.38. The number of hydrogen-bond donors (Lipinski definition) is 3. The lowest BCUT2D eigenvalue weighted by atomic mass is 10.0. The third kappa shape index (κ3) is 2.10. The summed E-state index contributed by atoms with van der Waals surface area (Å²) in [5.74, 6) is -2.86. The summed E-state index contributed by atoms with van der Waals surface area (Å²) in [6.07, 6.45) is 0. The van der Waals surface area contributed by atoms with E-state index in [2.05, 4.69) is 15.9 Å². The Balaban J connectivity index is 3.39. The molecule has 4 N–H and O–H groups in total. The second-order valence-corrected chi connectivity index (χ2v) is 3.86. The van der Waals surface area contributed by atoms with Crippen LogP contribution in [-0.4, -0.2) is 22.0 Å². The zero-order chi connectivity index (χ0) is 11.7. The normalized spacial score (nSPS) is 12.5. The van der Waals surface area contributed by atoms with Crippen molar-refractivity contribution in [2.45, 2.75) is 13.0 Å². The highest BCUT2D eigenvalue weighted by molar-refractivity contribution is 9.10. The summed E-state index contributed by atoms with van der Waals surface area (Å²) in [4.78, 5) is 11.4. The topological polar surface area (TPSA) is 83.6 Å². The minimum atomic E-state index is -0.997. The number of phenolic OH excluding ortho intramolecular Hbond substituents is 2. The Labute approximate surface area is 93.6 Å². The lowest BCUT2D eigenvalue weighted by Gasteiger charge is -2.09. The quantitative estimate of drug-likeness (QED) is 0.716. The van der Waals surface area contributed by atoms with Crippen molar-refractivity contribution in [2.24, 2.45) is 5.73 Å². The van der Waals surface area contributed by atoms with Gasteiger partial charge in [-0.05, 0) is 28.9 Å². The minimum Gasteiger partial charge on any atom is -0.506 e. The highest BCUT2D eigenvalue weighted by atomic mass is 79.9. The highest BCUT2D eigenvalue weighted by Gasteiger charge is 2.21. The number of nitrogens with two attached hydrogens (primary N) is 1. The van der Waals surface area contributed by atoms with Gasteiger partial charge < -0.3 is 15.9 Å². The largest absolute Gasteiger partial charge is 0.506 e. The molecule has 0 aliphatic rings. The second-order valence-electron chi connectivity index (χ2n) is 3.07. The molecule has 1 atom stereocenters. The smallest absolute Gasteiger partial charge is 0.183 e. The first kappa shape index (κ1) is 11.9. The number of carbonyl (C=O) groups excluding carboxylic acids is 1. The number of benzene rings is 1. The fraction of sp³-hybridized carbons (Fsp3) is 0.222. The second kappa shape index (κ2) is 4.16. The van der Waals surface area contributed by atoms with Gasteiger partial charge in [-0.3, -0.25) is 4.79 Å². The molecule has 1 aromatic carbocycles. The maximum absolute atomic E-state index is 13.1. The molecule has 0 aliphatic heterocycles. The van der Waals surface area contributed by atoms with E-state index in [1.165, 1.54) is 6.92 Å². The number of phenols is 2. The first-order valence-electron chi connectivity index (χ1n) is 4.06. The van der Waals surface area contributed by atoms with Crippen molar-refractivity contribution in [3.63, 3.8) is 0 Å². The molecule has 0 heterocycles. The zero-order valence-corrected chi connectivity index (χ0v) is 9.38. The zero-order valence-electron chi connectivity index (χ0n) is 7.79. The lowest BCUT2D eigenvalue weighted by Crippen LogP contribution is -2.26. The molecule has 0 amide bonds. The van der Waals surface area contributed by atoms with Gasteiger partial charge in [0.15, 0.2) is 17.3 Å². The third-order valence-electron chi connectivity index (χ3n) is 1.85. The van der Waals surface area contributed by atoms with E-state index in [1.54, 1.807) is 0 Å². The molecule has 0 aliphatic carbocycles. The number of carbonyl (C=O) groups is 1. The molecule has 0 spiro atoms. The van der Waals surface area contributed by atoms with E-state index in [0.29, 0.717) is 0 Å². The van der Waals surface area contributed by atoms with Gasteiger partial charge >= 0.3 is 0 Å². The summed E-state index contributed by atoms with van der Waals surface area (Å²) in [7, 11) is 0. The van der Waals surface area contributed by atoms with Crippen LogP contribution in [0, 0.1) is 5.82 Å². The Morgan fingerprint density at radius 1 is 1.53 bits per heavy atom. The van der Waals surface area contributed by atoms with Gasteiger partial charge in [0.05, 0.1) is 11.6 Å². The Hall–Kier alpha value is -1.14. The Morgan fingerprint density at radius 2 is 2.07 bits per heavy atom. The maximum atomic E-state index is 13.1. The monoisotopic (exact) mass is 277 g/mol. The number of Topliss-reactive ketones (excluding diaryl/α,β-unsaturated/α-hetero) is 1. The number of aromatic hydroxyl groups is 2. The lowest BCUT2D eigenvalue weighted by molar-refractivity contribution is 0.0964. The van der Waals surface area contributed by atoms with Crippen molar-refractivity contribution in [1.29, 1.82) is 0 Å². The van der Waals surface area contributed by atoms with Crippen molar-refractivity contribution in [3.05, 3.63) is 21.9 Å². The van der Waals surface area contributed by atoms with Gasteiger partial charge in [0, 0.05) is 0 Å². The molecule has 1 unspecified atom stereocenters. The van der Waals surface area contributed by atoms with Gasteiger partial charge in [0.2, 0.25) is 0 Å². The van der Waals surface area contributed by atoms with Crippen LogP contribution in [0.2, 0.25) is 0 Å². The molecule has 0 saturated carbocycles. The molecule has 1 rings (SSSR count). The molecular weight excluding hydrogens is 269 g/mol. The molecule has 0 radical (unpaired) electrons. The van der Waals surface area contributed by atoms with E-state index in [9.17, 15) is 14.3 Å².